The zero-order valence-electron chi connectivity index (χ0n) is 10.7. The van der Waals surface area contributed by atoms with Crippen molar-refractivity contribution >= 4 is 0 Å². The predicted octanol–water partition coefficient (Wildman–Crippen LogP) is 2.98. The molecule has 0 atom stereocenters. The van der Waals surface area contributed by atoms with Gasteiger partial charge in [0, 0.05) is 31.5 Å². The Kier molecular flexibility index (Phi) is 3.47. The highest BCUT2D eigenvalue weighted by Crippen LogP contribution is 2.19. The molecule has 0 amide bonds. The third kappa shape index (κ3) is 3.23. The molecule has 1 heterocycles. The van der Waals surface area contributed by atoms with E-state index in [0.717, 1.165) is 25.6 Å². The molecule has 1 N–H and O–H groups in total. The number of benzene rings is 1. The summed E-state index contributed by atoms with van der Waals surface area (Å²) in [5.74, 6) is 0. The molecule has 0 bridgehead atoms. The first kappa shape index (κ1) is 11.5. The minimum atomic E-state index is 0.790. The Labute approximate surface area is 109 Å². The Balaban J connectivity index is 1.50. The summed E-state index contributed by atoms with van der Waals surface area (Å²) in [5.41, 5.74) is 2.80. The summed E-state index contributed by atoms with van der Waals surface area (Å²) in [7, 11) is 0. The highest BCUT2D eigenvalue weighted by Gasteiger charge is 2.19. The van der Waals surface area contributed by atoms with Crippen LogP contribution in [0.15, 0.2) is 48.8 Å². The first-order valence-electron chi connectivity index (χ1n) is 6.82. The van der Waals surface area contributed by atoms with Crippen molar-refractivity contribution in [1.82, 2.24) is 9.88 Å². The van der Waals surface area contributed by atoms with Gasteiger partial charge in [-0.05, 0) is 36.5 Å². The van der Waals surface area contributed by atoms with Crippen molar-refractivity contribution in [2.75, 3.05) is 0 Å². The maximum absolute atomic E-state index is 3.55. The molecule has 18 heavy (non-hydrogen) atoms. The number of rotatable bonds is 6. The average Bonchev–Trinajstić information content (AvgIpc) is 3.14. The Morgan fingerprint density at radius 3 is 2.67 bits per heavy atom. The Bertz CT molecular complexity index is 483. The van der Waals surface area contributed by atoms with E-state index in [9.17, 15) is 0 Å². The van der Waals surface area contributed by atoms with Gasteiger partial charge >= 0.3 is 0 Å². The van der Waals surface area contributed by atoms with Crippen LogP contribution in [0.4, 0.5) is 0 Å². The van der Waals surface area contributed by atoms with E-state index in [4.69, 9.17) is 0 Å². The number of aryl methyl sites for hydroxylation is 2. The van der Waals surface area contributed by atoms with Gasteiger partial charge in [0.2, 0.25) is 0 Å². The third-order valence-corrected chi connectivity index (χ3v) is 3.49. The van der Waals surface area contributed by atoms with Gasteiger partial charge in [0.15, 0.2) is 0 Å². The fraction of sp³-hybridized carbons (Fsp3) is 0.375. The van der Waals surface area contributed by atoms with E-state index in [1.807, 2.05) is 0 Å². The number of hydrogen-bond acceptors (Lipinski definition) is 1. The maximum Gasteiger partial charge on any atom is 0.0260 e. The van der Waals surface area contributed by atoms with Crippen molar-refractivity contribution in [3.8, 4) is 0 Å². The Morgan fingerprint density at radius 2 is 1.89 bits per heavy atom. The molecule has 3 rings (SSSR count). The molecule has 0 spiro atoms. The van der Waals surface area contributed by atoms with Crippen LogP contribution in [0, 0.1) is 0 Å². The number of nitrogens with zero attached hydrogens (tertiary/aromatic N) is 1. The van der Waals surface area contributed by atoms with Crippen molar-refractivity contribution in [2.24, 2.45) is 0 Å². The van der Waals surface area contributed by atoms with Crippen LogP contribution in [0.3, 0.4) is 0 Å². The van der Waals surface area contributed by atoms with Crippen LogP contribution < -0.4 is 5.32 Å². The second-order valence-corrected chi connectivity index (χ2v) is 5.15. The number of nitrogens with one attached hydrogen (secondary N) is 1. The van der Waals surface area contributed by atoms with E-state index >= 15 is 0 Å². The van der Waals surface area contributed by atoms with Crippen molar-refractivity contribution in [3.05, 3.63) is 59.9 Å². The monoisotopic (exact) mass is 240 g/mol. The second kappa shape index (κ2) is 5.40. The summed E-state index contributed by atoms with van der Waals surface area (Å²) in [5, 5.41) is 3.55. The van der Waals surface area contributed by atoms with Gasteiger partial charge in [-0.15, -0.1) is 0 Å². The van der Waals surface area contributed by atoms with E-state index in [1.54, 1.807) is 0 Å². The molecular weight excluding hydrogens is 220 g/mol. The van der Waals surface area contributed by atoms with Gasteiger partial charge in [-0.3, -0.25) is 0 Å². The highest BCUT2D eigenvalue weighted by atomic mass is 15.0. The Hall–Kier alpha value is -1.54. The van der Waals surface area contributed by atoms with Crippen LogP contribution in [0.2, 0.25) is 0 Å². The lowest BCUT2D eigenvalue weighted by Gasteiger charge is -2.03. The molecule has 0 saturated heterocycles. The SMILES string of the molecule is c1ccc(CCn2ccc(CNC3CC3)c2)cc1. The molecule has 0 aliphatic heterocycles. The van der Waals surface area contributed by atoms with Crippen LogP contribution in [0.1, 0.15) is 24.0 Å². The highest BCUT2D eigenvalue weighted by molar-refractivity contribution is 5.15. The summed E-state index contributed by atoms with van der Waals surface area (Å²) >= 11 is 0. The summed E-state index contributed by atoms with van der Waals surface area (Å²) < 4.78 is 2.29. The molecule has 2 aromatic rings. The summed E-state index contributed by atoms with van der Waals surface area (Å²) in [6.07, 6.45) is 8.26. The van der Waals surface area contributed by atoms with E-state index in [2.05, 4.69) is 58.7 Å². The van der Waals surface area contributed by atoms with E-state index in [1.165, 1.54) is 24.0 Å². The molecule has 0 radical (unpaired) electrons. The fourth-order valence-corrected chi connectivity index (χ4v) is 2.19. The van der Waals surface area contributed by atoms with Gasteiger partial charge in [-0.1, -0.05) is 30.3 Å². The standard InChI is InChI=1S/C16H20N2/c1-2-4-14(5-3-1)8-10-18-11-9-15(13-18)12-17-16-6-7-16/h1-5,9,11,13,16-17H,6-8,10,12H2. The van der Waals surface area contributed by atoms with Crippen LogP contribution in [0.5, 0.6) is 0 Å². The minimum Gasteiger partial charge on any atom is -0.354 e. The lowest BCUT2D eigenvalue weighted by Crippen LogP contribution is -2.14. The first-order valence-corrected chi connectivity index (χ1v) is 6.82. The Morgan fingerprint density at radius 1 is 1.06 bits per heavy atom. The molecular formula is C16H20N2. The quantitative estimate of drug-likeness (QED) is 0.821. The molecule has 1 fully saturated rings. The maximum atomic E-state index is 3.55. The topological polar surface area (TPSA) is 17.0 Å². The molecule has 1 aromatic heterocycles. The van der Waals surface area contributed by atoms with Crippen LogP contribution >= 0.6 is 0 Å². The van der Waals surface area contributed by atoms with Crippen molar-refractivity contribution in [3.63, 3.8) is 0 Å². The smallest absolute Gasteiger partial charge is 0.0260 e. The number of aromatic nitrogens is 1. The summed E-state index contributed by atoms with van der Waals surface area (Å²) in [4.78, 5) is 0. The second-order valence-electron chi connectivity index (χ2n) is 5.15. The van der Waals surface area contributed by atoms with Crippen LogP contribution in [-0.4, -0.2) is 10.6 Å². The normalized spacial score (nSPS) is 14.9. The minimum absolute atomic E-state index is 0.790. The third-order valence-electron chi connectivity index (χ3n) is 3.49. The van der Waals surface area contributed by atoms with Crippen LogP contribution in [0.25, 0.3) is 0 Å². The fourth-order valence-electron chi connectivity index (χ4n) is 2.19. The van der Waals surface area contributed by atoms with Crippen LogP contribution in [-0.2, 0) is 19.5 Å². The predicted molar refractivity (Wildman–Crippen MR) is 74.4 cm³/mol. The molecule has 94 valence electrons. The van der Waals surface area contributed by atoms with Gasteiger partial charge in [-0.25, -0.2) is 0 Å². The molecule has 1 aliphatic carbocycles. The zero-order chi connectivity index (χ0) is 12.2. The first-order chi connectivity index (χ1) is 8.90. The van der Waals surface area contributed by atoms with Gasteiger partial charge < -0.3 is 9.88 Å². The average molecular weight is 240 g/mol. The lowest BCUT2D eigenvalue weighted by molar-refractivity contribution is 0.674. The van der Waals surface area contributed by atoms with Crippen molar-refractivity contribution in [2.45, 2.75) is 38.4 Å². The lowest BCUT2D eigenvalue weighted by atomic mass is 10.1. The van der Waals surface area contributed by atoms with Gasteiger partial charge in [0.1, 0.15) is 0 Å². The van der Waals surface area contributed by atoms with E-state index in [-0.39, 0.29) is 0 Å². The van der Waals surface area contributed by atoms with E-state index in [0.29, 0.717) is 0 Å². The van der Waals surface area contributed by atoms with Gasteiger partial charge in [0.25, 0.3) is 0 Å². The molecule has 1 aromatic carbocycles. The molecule has 1 saturated carbocycles. The molecule has 2 nitrogen and oxygen atoms in total. The largest absolute Gasteiger partial charge is 0.354 e. The molecule has 2 heteroatoms. The van der Waals surface area contributed by atoms with Crippen molar-refractivity contribution < 1.29 is 0 Å². The summed E-state index contributed by atoms with van der Waals surface area (Å²) in [6.45, 7) is 2.08. The molecule has 1 aliphatic rings. The van der Waals surface area contributed by atoms with E-state index < -0.39 is 0 Å². The molecule has 0 unspecified atom stereocenters. The van der Waals surface area contributed by atoms with Crippen molar-refractivity contribution in [1.29, 1.82) is 0 Å². The van der Waals surface area contributed by atoms with Gasteiger partial charge in [-0.2, -0.15) is 0 Å². The van der Waals surface area contributed by atoms with Gasteiger partial charge in [0.05, 0.1) is 0 Å². The summed E-state index contributed by atoms with van der Waals surface area (Å²) in [6, 6.07) is 13.7. The zero-order valence-corrected chi connectivity index (χ0v) is 10.7. The number of hydrogen-bond donors (Lipinski definition) is 1.